The van der Waals surface area contributed by atoms with E-state index in [4.69, 9.17) is 19.2 Å². The number of aryl methyl sites for hydroxylation is 6. The van der Waals surface area contributed by atoms with Crippen LogP contribution in [0.15, 0.2) is 37.2 Å². The van der Waals surface area contributed by atoms with Gasteiger partial charge in [-0.05, 0) is 0 Å². The topological polar surface area (TPSA) is 145 Å². The molecule has 3 heterocycles. The molecule has 0 spiro atoms. The number of aromatic amines is 3. The van der Waals surface area contributed by atoms with E-state index in [1.165, 1.54) is 17.5 Å². The summed E-state index contributed by atoms with van der Waals surface area (Å²) in [5.74, 6) is 3.81. The summed E-state index contributed by atoms with van der Waals surface area (Å²) < 4.78 is 14.8. The third kappa shape index (κ3) is 12.7. The molecule has 3 N–H and O–H groups in total. The highest BCUT2D eigenvalue weighted by Gasteiger charge is 2.00. The van der Waals surface area contributed by atoms with Crippen LogP contribution < -0.4 is 28.4 Å². The molecule has 0 aliphatic rings. The maximum Gasteiger partial charge on any atom is 0.253 e. The van der Waals surface area contributed by atoms with Crippen molar-refractivity contribution in [1.29, 1.82) is 0 Å². The van der Waals surface area contributed by atoms with Gasteiger partial charge in [-0.2, -0.15) is 7.82 Å². The smallest absolute Gasteiger partial charge is 0.253 e. The fraction of sp³-hybridized carbons (Fsp3) is 0.500. The van der Waals surface area contributed by atoms with Crippen molar-refractivity contribution in [1.82, 2.24) is 15.0 Å². The van der Waals surface area contributed by atoms with E-state index in [0.717, 1.165) is 19.3 Å². The van der Waals surface area contributed by atoms with Crippen molar-refractivity contribution in [3.8, 4) is 0 Å². The minimum atomic E-state index is -5.39. The molecule has 0 fully saturated rings. The van der Waals surface area contributed by atoms with Crippen LogP contribution in [-0.2, 0) is 45.0 Å². The number of H-pyrrole nitrogens is 3. The Kier molecular flexibility index (Phi) is 12.8. The molecule has 0 saturated carbocycles. The van der Waals surface area contributed by atoms with Crippen molar-refractivity contribution in [3.05, 3.63) is 54.7 Å². The summed E-state index contributed by atoms with van der Waals surface area (Å²) in [6.45, 7) is 6.39. The molecule has 0 unspecified atom stereocenters. The van der Waals surface area contributed by atoms with Gasteiger partial charge in [0.05, 0.1) is 21.1 Å². The lowest BCUT2D eigenvalue weighted by molar-refractivity contribution is -0.677. The molecule has 164 valence electrons. The molecule has 0 bridgehead atoms. The molecule has 0 radical (unpaired) electrons. The number of hydrogen-bond donors (Lipinski definition) is 3. The van der Waals surface area contributed by atoms with Crippen molar-refractivity contribution in [2.75, 3.05) is 0 Å². The maximum atomic E-state index is 8.55. The van der Waals surface area contributed by atoms with Crippen LogP contribution in [0.3, 0.4) is 0 Å². The Morgan fingerprint density at radius 1 is 0.690 bits per heavy atom. The molecule has 0 amide bonds. The van der Waals surface area contributed by atoms with E-state index in [1.54, 1.807) is 0 Å². The van der Waals surface area contributed by atoms with E-state index in [-0.39, 0.29) is 0 Å². The van der Waals surface area contributed by atoms with Crippen molar-refractivity contribution < 1.29 is 32.9 Å². The van der Waals surface area contributed by atoms with Gasteiger partial charge in [-0.3, -0.25) is 0 Å². The SMILES string of the molecule is CCc1[nH]cc[n+]1C.CCc1[nH]cc[n+]1C.CCc1[nH]cc[n+]1C.O=P([O-])([O-])[O-]. The van der Waals surface area contributed by atoms with Gasteiger partial charge in [0, 0.05) is 19.3 Å². The number of hydrogen-bond acceptors (Lipinski definition) is 4. The van der Waals surface area contributed by atoms with Gasteiger partial charge in [0.1, 0.15) is 37.2 Å². The fourth-order valence-corrected chi connectivity index (χ4v) is 2.37. The van der Waals surface area contributed by atoms with E-state index in [2.05, 4.69) is 49.4 Å². The number of nitrogens with zero attached hydrogens (tertiary/aromatic N) is 3. The number of phosphoric acid groups is 1. The van der Waals surface area contributed by atoms with Crippen LogP contribution in [0.5, 0.6) is 0 Å². The number of imidazole rings is 3. The fourth-order valence-electron chi connectivity index (χ4n) is 2.37. The largest absolute Gasteiger partial charge is 0.822 e. The minimum Gasteiger partial charge on any atom is -0.822 e. The highest BCUT2D eigenvalue weighted by molar-refractivity contribution is 7.40. The van der Waals surface area contributed by atoms with Crippen molar-refractivity contribution >= 4 is 7.82 Å². The Morgan fingerprint density at radius 2 is 0.897 bits per heavy atom. The summed E-state index contributed by atoms with van der Waals surface area (Å²) in [5.41, 5.74) is 0. The molecule has 3 aromatic heterocycles. The number of nitrogens with one attached hydrogen (secondary N) is 3. The first-order valence-electron chi connectivity index (χ1n) is 9.32. The number of aromatic nitrogens is 6. The first kappa shape index (κ1) is 26.7. The van der Waals surface area contributed by atoms with Gasteiger partial charge >= 0.3 is 0 Å². The zero-order valence-corrected chi connectivity index (χ0v) is 18.9. The molecule has 0 saturated heterocycles. The third-order valence-corrected chi connectivity index (χ3v) is 3.93. The van der Waals surface area contributed by atoms with E-state index >= 15 is 0 Å². The summed E-state index contributed by atoms with van der Waals surface area (Å²) >= 11 is 0. The highest BCUT2D eigenvalue weighted by atomic mass is 31.2. The molecule has 0 aliphatic heterocycles. The first-order valence-corrected chi connectivity index (χ1v) is 10.8. The molecule has 3 aromatic rings. The van der Waals surface area contributed by atoms with E-state index in [9.17, 15) is 0 Å². The quantitative estimate of drug-likeness (QED) is 0.340. The van der Waals surface area contributed by atoms with E-state index < -0.39 is 7.82 Å². The lowest BCUT2D eigenvalue weighted by atomic mass is 10.5. The standard InChI is InChI=1S/3C6H10N2.H3O4P/c3*1-3-6-7-4-5-8(6)2;1-5(2,3)4/h3*4-5H,3H2,1-2H3;(H3,1,2,3,4). The minimum absolute atomic E-state index is 1.07. The van der Waals surface area contributed by atoms with Crippen molar-refractivity contribution in [3.63, 3.8) is 0 Å². The monoisotopic (exact) mass is 428 g/mol. The lowest BCUT2D eigenvalue weighted by Gasteiger charge is -2.36. The van der Waals surface area contributed by atoms with Crippen LogP contribution >= 0.6 is 7.82 Å². The molecule has 0 aliphatic carbocycles. The molecule has 0 aromatic carbocycles. The van der Waals surface area contributed by atoms with Gasteiger partial charge in [0.2, 0.25) is 0 Å². The summed E-state index contributed by atoms with van der Waals surface area (Å²) in [4.78, 5) is 35.0. The van der Waals surface area contributed by atoms with Gasteiger partial charge < -0.3 is 19.2 Å². The maximum absolute atomic E-state index is 8.55. The second-order valence-electron chi connectivity index (χ2n) is 6.06. The van der Waals surface area contributed by atoms with Crippen LogP contribution in [0, 0.1) is 0 Å². The van der Waals surface area contributed by atoms with Crippen LogP contribution in [0.25, 0.3) is 0 Å². The first-order chi connectivity index (χ1) is 13.5. The predicted molar refractivity (Wildman–Crippen MR) is 102 cm³/mol. The van der Waals surface area contributed by atoms with Crippen LogP contribution in [0.2, 0.25) is 0 Å². The number of rotatable bonds is 3. The van der Waals surface area contributed by atoms with Crippen molar-refractivity contribution in [2.24, 2.45) is 21.1 Å². The molecular weight excluding hydrogens is 395 g/mol. The zero-order valence-electron chi connectivity index (χ0n) is 18.0. The normalized spacial score (nSPS) is 10.1. The Balaban J connectivity index is 0.000000367. The predicted octanol–water partition coefficient (Wildman–Crippen LogP) is -1.62. The van der Waals surface area contributed by atoms with Gasteiger partial charge in [0.25, 0.3) is 17.5 Å². The third-order valence-electron chi connectivity index (χ3n) is 3.93. The second kappa shape index (κ2) is 13.8. The molecule has 3 rings (SSSR count). The summed E-state index contributed by atoms with van der Waals surface area (Å²) in [6.07, 6.45) is 15.1. The Morgan fingerprint density at radius 3 is 0.966 bits per heavy atom. The molecular formula is C18H33N6O4P. The molecule has 10 nitrogen and oxygen atoms in total. The average molecular weight is 428 g/mol. The summed E-state index contributed by atoms with van der Waals surface area (Å²) in [5, 5.41) is 0. The summed E-state index contributed by atoms with van der Waals surface area (Å²) in [7, 11) is 0.722. The van der Waals surface area contributed by atoms with E-state index in [0.29, 0.717) is 0 Å². The van der Waals surface area contributed by atoms with Crippen LogP contribution in [0.4, 0.5) is 0 Å². The molecule has 29 heavy (non-hydrogen) atoms. The lowest BCUT2D eigenvalue weighted by Crippen LogP contribution is -2.29. The van der Waals surface area contributed by atoms with Gasteiger partial charge in [0.15, 0.2) is 0 Å². The van der Waals surface area contributed by atoms with Gasteiger partial charge in [-0.25, -0.2) is 28.7 Å². The van der Waals surface area contributed by atoms with Crippen LogP contribution in [0.1, 0.15) is 38.2 Å². The Labute approximate surface area is 172 Å². The zero-order chi connectivity index (χ0) is 22.4. The Hall–Kier alpha value is -2.26. The van der Waals surface area contributed by atoms with Gasteiger partial charge in [-0.1, -0.05) is 20.8 Å². The highest BCUT2D eigenvalue weighted by Crippen LogP contribution is 2.03. The van der Waals surface area contributed by atoms with Crippen LogP contribution in [-0.4, -0.2) is 15.0 Å². The summed E-state index contributed by atoms with van der Waals surface area (Å²) in [6, 6.07) is 0. The average Bonchev–Trinajstić information content (AvgIpc) is 3.35. The Bertz CT molecular complexity index is 748. The van der Waals surface area contributed by atoms with Gasteiger partial charge in [-0.15, -0.1) is 0 Å². The molecule has 11 heteroatoms. The molecule has 0 atom stereocenters. The second-order valence-corrected chi connectivity index (χ2v) is 6.96. The van der Waals surface area contributed by atoms with Crippen molar-refractivity contribution in [2.45, 2.75) is 40.0 Å². The van der Waals surface area contributed by atoms with E-state index in [1.807, 2.05) is 58.3 Å².